The number of thioether (sulfide) groups is 1. The summed E-state index contributed by atoms with van der Waals surface area (Å²) in [6.07, 6.45) is 3.84. The third kappa shape index (κ3) is 5.93. The molecule has 1 N–H and O–H groups in total. The number of aromatic nitrogens is 1. The smallest absolute Gasteiger partial charge is 0.237 e. The van der Waals surface area contributed by atoms with E-state index >= 15 is 0 Å². The predicted molar refractivity (Wildman–Crippen MR) is 113 cm³/mol. The van der Waals surface area contributed by atoms with E-state index in [-0.39, 0.29) is 11.8 Å². The lowest BCUT2D eigenvalue weighted by atomic mass is 10.2. The second-order valence-electron chi connectivity index (χ2n) is 7.24. The molecular formula is C20H31N5O2S. The lowest BCUT2D eigenvalue weighted by Gasteiger charge is -2.33. The Balaban J connectivity index is 1.29. The van der Waals surface area contributed by atoms with Crippen LogP contribution >= 0.6 is 11.8 Å². The van der Waals surface area contributed by atoms with Gasteiger partial charge >= 0.3 is 0 Å². The van der Waals surface area contributed by atoms with Crippen LogP contribution < -0.4 is 10.2 Å². The average molecular weight is 406 g/mol. The second-order valence-corrected chi connectivity index (χ2v) is 8.21. The maximum Gasteiger partial charge on any atom is 0.237 e. The van der Waals surface area contributed by atoms with Crippen LogP contribution in [0, 0.1) is 0 Å². The summed E-state index contributed by atoms with van der Waals surface area (Å²) in [6.45, 7) is 10.2. The van der Waals surface area contributed by atoms with Crippen LogP contribution in [-0.4, -0.2) is 84.7 Å². The fourth-order valence-corrected chi connectivity index (χ4v) is 4.51. The molecule has 0 unspecified atom stereocenters. The minimum absolute atomic E-state index is 0.0704. The third-order valence-electron chi connectivity index (χ3n) is 5.35. The highest BCUT2D eigenvalue weighted by Crippen LogP contribution is 2.33. The van der Waals surface area contributed by atoms with E-state index in [0.717, 1.165) is 62.9 Å². The van der Waals surface area contributed by atoms with Gasteiger partial charge in [-0.05, 0) is 38.1 Å². The Labute approximate surface area is 171 Å². The normalized spacial score (nSPS) is 18.2. The van der Waals surface area contributed by atoms with Crippen molar-refractivity contribution in [2.75, 3.05) is 63.0 Å². The first kappa shape index (κ1) is 21.1. The van der Waals surface area contributed by atoms with Crippen molar-refractivity contribution in [2.45, 2.75) is 31.2 Å². The highest BCUT2D eigenvalue weighted by atomic mass is 32.2. The SMILES string of the molecule is CCN1CCN(CCCNC(=O)CCCN2C(=O)CSc3ncccc32)CC1. The molecule has 2 aliphatic heterocycles. The highest BCUT2D eigenvalue weighted by molar-refractivity contribution is 8.00. The van der Waals surface area contributed by atoms with Crippen molar-refractivity contribution in [2.24, 2.45) is 0 Å². The summed E-state index contributed by atoms with van der Waals surface area (Å²) in [6, 6.07) is 3.77. The zero-order valence-corrected chi connectivity index (χ0v) is 17.5. The predicted octanol–water partition coefficient (Wildman–Crippen LogP) is 1.44. The van der Waals surface area contributed by atoms with Crippen molar-refractivity contribution in [3.05, 3.63) is 18.3 Å². The van der Waals surface area contributed by atoms with E-state index in [4.69, 9.17) is 0 Å². The maximum atomic E-state index is 12.2. The summed E-state index contributed by atoms with van der Waals surface area (Å²) in [7, 11) is 0. The van der Waals surface area contributed by atoms with Crippen LogP contribution in [-0.2, 0) is 9.59 Å². The van der Waals surface area contributed by atoms with Crippen LogP contribution in [0.4, 0.5) is 5.69 Å². The number of hydrogen-bond acceptors (Lipinski definition) is 6. The van der Waals surface area contributed by atoms with Gasteiger partial charge in [-0.3, -0.25) is 9.59 Å². The molecule has 0 bridgehead atoms. The molecular weight excluding hydrogens is 374 g/mol. The summed E-state index contributed by atoms with van der Waals surface area (Å²) >= 11 is 1.48. The number of nitrogens with zero attached hydrogens (tertiary/aromatic N) is 4. The van der Waals surface area contributed by atoms with E-state index in [1.54, 1.807) is 11.1 Å². The summed E-state index contributed by atoms with van der Waals surface area (Å²) < 4.78 is 0. The fourth-order valence-electron chi connectivity index (χ4n) is 3.63. The number of likely N-dealkylation sites (N-methyl/N-ethyl adjacent to an activating group) is 1. The molecule has 0 radical (unpaired) electrons. The number of nitrogens with one attached hydrogen (secondary N) is 1. The molecule has 1 saturated heterocycles. The van der Waals surface area contributed by atoms with E-state index in [1.807, 2.05) is 12.1 Å². The molecule has 2 amide bonds. The van der Waals surface area contributed by atoms with Gasteiger partial charge in [0.05, 0.1) is 11.4 Å². The zero-order valence-electron chi connectivity index (χ0n) is 16.7. The molecule has 3 rings (SSSR count). The fraction of sp³-hybridized carbons (Fsp3) is 0.650. The molecule has 0 aliphatic carbocycles. The molecule has 7 nitrogen and oxygen atoms in total. The minimum atomic E-state index is 0.0704. The molecule has 1 aromatic rings. The number of carbonyl (C=O) groups excluding carboxylic acids is 2. The van der Waals surface area contributed by atoms with Crippen molar-refractivity contribution in [1.29, 1.82) is 0 Å². The summed E-state index contributed by atoms with van der Waals surface area (Å²) in [5.41, 5.74) is 0.868. The number of pyridine rings is 1. The number of amides is 2. The van der Waals surface area contributed by atoms with Crippen molar-refractivity contribution >= 4 is 29.3 Å². The van der Waals surface area contributed by atoms with Gasteiger partial charge in [-0.25, -0.2) is 4.98 Å². The topological polar surface area (TPSA) is 68.8 Å². The van der Waals surface area contributed by atoms with Crippen molar-refractivity contribution in [3.8, 4) is 0 Å². The first-order chi connectivity index (χ1) is 13.7. The number of anilines is 1. The summed E-state index contributed by atoms with van der Waals surface area (Å²) in [5, 5.41) is 3.91. The number of carbonyl (C=O) groups is 2. The molecule has 28 heavy (non-hydrogen) atoms. The third-order valence-corrected chi connectivity index (χ3v) is 6.33. The molecule has 2 aliphatic rings. The summed E-state index contributed by atoms with van der Waals surface area (Å²) in [5.74, 6) is 0.582. The van der Waals surface area contributed by atoms with Crippen LogP contribution in [0.15, 0.2) is 23.4 Å². The second kappa shape index (κ2) is 10.8. The van der Waals surface area contributed by atoms with Gasteiger partial charge in [0.1, 0.15) is 5.03 Å². The van der Waals surface area contributed by atoms with Crippen molar-refractivity contribution < 1.29 is 9.59 Å². The number of fused-ring (bicyclic) bond motifs is 1. The monoisotopic (exact) mass is 405 g/mol. The van der Waals surface area contributed by atoms with E-state index in [9.17, 15) is 9.59 Å². The van der Waals surface area contributed by atoms with Gasteiger partial charge < -0.3 is 20.0 Å². The van der Waals surface area contributed by atoms with Crippen LogP contribution in [0.2, 0.25) is 0 Å². The van der Waals surface area contributed by atoms with E-state index < -0.39 is 0 Å². The Bertz CT molecular complexity index is 664. The van der Waals surface area contributed by atoms with E-state index in [2.05, 4.69) is 27.0 Å². The Morgan fingerprint density at radius 1 is 1.18 bits per heavy atom. The summed E-state index contributed by atoms with van der Waals surface area (Å²) in [4.78, 5) is 35.3. The quantitative estimate of drug-likeness (QED) is 0.627. The first-order valence-corrected chi connectivity index (χ1v) is 11.3. The molecule has 0 atom stereocenters. The molecule has 1 fully saturated rings. The van der Waals surface area contributed by atoms with Crippen molar-refractivity contribution in [1.82, 2.24) is 20.1 Å². The largest absolute Gasteiger partial charge is 0.356 e. The van der Waals surface area contributed by atoms with Crippen LogP contribution in [0.25, 0.3) is 0 Å². The molecule has 0 saturated carbocycles. The highest BCUT2D eigenvalue weighted by Gasteiger charge is 2.25. The average Bonchev–Trinajstić information content (AvgIpc) is 2.73. The van der Waals surface area contributed by atoms with Crippen LogP contribution in [0.1, 0.15) is 26.2 Å². The van der Waals surface area contributed by atoms with Crippen LogP contribution in [0.5, 0.6) is 0 Å². The molecule has 8 heteroatoms. The number of hydrogen-bond donors (Lipinski definition) is 1. The zero-order chi connectivity index (χ0) is 19.8. The minimum Gasteiger partial charge on any atom is -0.356 e. The van der Waals surface area contributed by atoms with Gasteiger partial charge in [-0.2, -0.15) is 0 Å². The lowest BCUT2D eigenvalue weighted by Crippen LogP contribution is -2.46. The molecule has 1 aromatic heterocycles. The van der Waals surface area contributed by atoms with E-state index in [1.165, 1.54) is 11.8 Å². The molecule has 154 valence electrons. The van der Waals surface area contributed by atoms with Gasteiger partial charge in [-0.15, -0.1) is 0 Å². The molecule has 3 heterocycles. The Kier molecular flexibility index (Phi) is 8.12. The van der Waals surface area contributed by atoms with Gasteiger partial charge in [0.25, 0.3) is 0 Å². The molecule has 0 aromatic carbocycles. The van der Waals surface area contributed by atoms with Gasteiger partial charge in [0.15, 0.2) is 0 Å². The van der Waals surface area contributed by atoms with Crippen LogP contribution in [0.3, 0.4) is 0 Å². The Morgan fingerprint density at radius 3 is 2.75 bits per heavy atom. The Morgan fingerprint density at radius 2 is 1.96 bits per heavy atom. The number of rotatable bonds is 9. The van der Waals surface area contributed by atoms with Gasteiger partial charge in [0, 0.05) is 51.9 Å². The maximum absolute atomic E-state index is 12.2. The van der Waals surface area contributed by atoms with Crippen molar-refractivity contribution in [3.63, 3.8) is 0 Å². The van der Waals surface area contributed by atoms with Gasteiger partial charge in [0.2, 0.25) is 11.8 Å². The first-order valence-electron chi connectivity index (χ1n) is 10.3. The standard InChI is InChI=1S/C20H31N5O2S/c1-2-23-12-14-24(15-13-23)10-5-9-21-18(26)7-4-11-25-17-6-3-8-22-20(17)28-16-19(25)27/h3,6,8H,2,4-5,7,9-16H2,1H3,(H,21,26). The van der Waals surface area contributed by atoms with Gasteiger partial charge in [-0.1, -0.05) is 18.7 Å². The van der Waals surface area contributed by atoms with E-state index in [0.29, 0.717) is 25.1 Å². The molecule has 0 spiro atoms. The lowest BCUT2D eigenvalue weighted by molar-refractivity contribution is -0.121. The number of piperazine rings is 1. The Hall–Kier alpha value is -1.64.